The van der Waals surface area contributed by atoms with Gasteiger partial charge in [0.25, 0.3) is 0 Å². The number of guanidine groups is 1. The van der Waals surface area contributed by atoms with Crippen LogP contribution in [0.15, 0.2) is 4.99 Å². The zero-order chi connectivity index (χ0) is 14.8. The molecule has 20 heavy (non-hydrogen) atoms. The van der Waals surface area contributed by atoms with Crippen LogP contribution in [0.25, 0.3) is 0 Å². The lowest BCUT2D eigenvalue weighted by atomic mass is 10.0. The van der Waals surface area contributed by atoms with Crippen LogP contribution >= 0.6 is 0 Å². The van der Waals surface area contributed by atoms with E-state index in [4.69, 9.17) is 4.74 Å². The lowest BCUT2D eigenvalue weighted by Gasteiger charge is -2.18. The van der Waals surface area contributed by atoms with E-state index in [2.05, 4.69) is 43.3 Å². The van der Waals surface area contributed by atoms with Gasteiger partial charge < -0.3 is 15.4 Å². The van der Waals surface area contributed by atoms with Crippen molar-refractivity contribution >= 4 is 5.96 Å². The fourth-order valence-corrected chi connectivity index (χ4v) is 2.44. The summed E-state index contributed by atoms with van der Waals surface area (Å²) < 4.78 is 5.62. The molecule has 0 spiro atoms. The molecular formula is C16H33N3O. The van der Waals surface area contributed by atoms with Crippen LogP contribution in [-0.2, 0) is 4.74 Å². The molecule has 1 aliphatic rings. The maximum Gasteiger partial charge on any atom is 0.191 e. The van der Waals surface area contributed by atoms with Crippen LogP contribution in [0.3, 0.4) is 0 Å². The SMILES string of the molecule is CCNC(=NCC1CCCO1)NC(C)CCCC(C)C. The Bertz CT molecular complexity index is 273. The number of rotatable bonds is 8. The molecule has 1 heterocycles. The first-order valence-electron chi connectivity index (χ1n) is 8.28. The van der Waals surface area contributed by atoms with Gasteiger partial charge >= 0.3 is 0 Å². The molecular weight excluding hydrogens is 250 g/mol. The maximum atomic E-state index is 5.62. The van der Waals surface area contributed by atoms with E-state index < -0.39 is 0 Å². The minimum absolute atomic E-state index is 0.321. The van der Waals surface area contributed by atoms with Gasteiger partial charge in [-0.15, -0.1) is 0 Å². The van der Waals surface area contributed by atoms with E-state index in [1.54, 1.807) is 0 Å². The highest BCUT2D eigenvalue weighted by Crippen LogP contribution is 2.12. The number of hydrogen-bond acceptors (Lipinski definition) is 2. The zero-order valence-corrected chi connectivity index (χ0v) is 13.7. The number of aliphatic imine (C=N–C) groups is 1. The molecule has 2 atom stereocenters. The Morgan fingerprint density at radius 1 is 1.30 bits per heavy atom. The van der Waals surface area contributed by atoms with Crippen molar-refractivity contribution in [2.45, 2.75) is 71.9 Å². The monoisotopic (exact) mass is 283 g/mol. The number of nitrogens with one attached hydrogen (secondary N) is 2. The minimum atomic E-state index is 0.321. The number of nitrogens with zero attached hydrogens (tertiary/aromatic N) is 1. The second kappa shape index (κ2) is 10.0. The zero-order valence-electron chi connectivity index (χ0n) is 13.7. The Kier molecular flexibility index (Phi) is 8.67. The first-order chi connectivity index (χ1) is 9.61. The van der Waals surface area contributed by atoms with Gasteiger partial charge in [-0.3, -0.25) is 4.99 Å². The van der Waals surface area contributed by atoms with Gasteiger partial charge in [-0.05, 0) is 39.0 Å². The molecule has 1 rings (SSSR count). The van der Waals surface area contributed by atoms with Gasteiger partial charge in [0.15, 0.2) is 5.96 Å². The highest BCUT2D eigenvalue weighted by molar-refractivity contribution is 5.80. The summed E-state index contributed by atoms with van der Waals surface area (Å²) in [5.41, 5.74) is 0. The molecule has 0 bridgehead atoms. The summed E-state index contributed by atoms with van der Waals surface area (Å²) >= 11 is 0. The molecule has 1 fully saturated rings. The minimum Gasteiger partial charge on any atom is -0.376 e. The third kappa shape index (κ3) is 7.73. The van der Waals surface area contributed by atoms with E-state index in [1.165, 1.54) is 25.7 Å². The summed E-state index contributed by atoms with van der Waals surface area (Å²) in [6.45, 7) is 11.5. The smallest absolute Gasteiger partial charge is 0.191 e. The molecule has 1 aliphatic heterocycles. The highest BCUT2D eigenvalue weighted by Gasteiger charge is 2.15. The largest absolute Gasteiger partial charge is 0.376 e. The van der Waals surface area contributed by atoms with Crippen molar-refractivity contribution < 1.29 is 4.74 Å². The van der Waals surface area contributed by atoms with Crippen LogP contribution in [0.4, 0.5) is 0 Å². The standard InChI is InChI=1S/C16H33N3O/c1-5-17-16(18-12-15-10-7-11-20-15)19-14(4)9-6-8-13(2)3/h13-15H,5-12H2,1-4H3,(H2,17,18,19). The van der Waals surface area contributed by atoms with Crippen LogP contribution in [0, 0.1) is 5.92 Å². The third-order valence-electron chi connectivity index (χ3n) is 3.62. The first-order valence-corrected chi connectivity index (χ1v) is 8.28. The third-order valence-corrected chi connectivity index (χ3v) is 3.62. The molecule has 2 unspecified atom stereocenters. The molecule has 4 heteroatoms. The lowest BCUT2D eigenvalue weighted by molar-refractivity contribution is 0.117. The van der Waals surface area contributed by atoms with Crippen LogP contribution in [0.2, 0.25) is 0 Å². The van der Waals surface area contributed by atoms with Gasteiger partial charge in [0.05, 0.1) is 12.6 Å². The lowest BCUT2D eigenvalue weighted by Crippen LogP contribution is -2.42. The Hall–Kier alpha value is -0.770. The van der Waals surface area contributed by atoms with Crippen molar-refractivity contribution in [2.24, 2.45) is 10.9 Å². The normalized spacial score (nSPS) is 21.2. The molecule has 0 radical (unpaired) electrons. The van der Waals surface area contributed by atoms with E-state index in [1.807, 2.05) is 0 Å². The number of hydrogen-bond donors (Lipinski definition) is 2. The molecule has 4 nitrogen and oxygen atoms in total. The van der Waals surface area contributed by atoms with Crippen molar-refractivity contribution in [2.75, 3.05) is 19.7 Å². The predicted molar refractivity (Wildman–Crippen MR) is 86.2 cm³/mol. The fourth-order valence-electron chi connectivity index (χ4n) is 2.44. The molecule has 0 amide bonds. The molecule has 0 aliphatic carbocycles. The van der Waals surface area contributed by atoms with Gasteiger partial charge in [0.1, 0.15) is 0 Å². The molecule has 118 valence electrons. The summed E-state index contributed by atoms with van der Waals surface area (Å²) in [4.78, 5) is 4.65. The van der Waals surface area contributed by atoms with Gasteiger partial charge in [-0.1, -0.05) is 26.7 Å². The fraction of sp³-hybridized carbons (Fsp3) is 0.938. The van der Waals surface area contributed by atoms with Crippen molar-refractivity contribution in [3.63, 3.8) is 0 Å². The van der Waals surface area contributed by atoms with Gasteiger partial charge in [-0.25, -0.2) is 0 Å². The molecule has 0 saturated carbocycles. The average molecular weight is 283 g/mol. The van der Waals surface area contributed by atoms with Crippen molar-refractivity contribution in [1.82, 2.24) is 10.6 Å². The van der Waals surface area contributed by atoms with Crippen LogP contribution in [-0.4, -0.2) is 37.8 Å². The second-order valence-electron chi connectivity index (χ2n) is 6.22. The second-order valence-corrected chi connectivity index (χ2v) is 6.22. The summed E-state index contributed by atoms with van der Waals surface area (Å²) in [5, 5.41) is 6.82. The highest BCUT2D eigenvalue weighted by atomic mass is 16.5. The summed E-state index contributed by atoms with van der Waals surface area (Å²) in [6.07, 6.45) is 6.42. The molecule has 0 aromatic rings. The van der Waals surface area contributed by atoms with Crippen LogP contribution in [0.5, 0.6) is 0 Å². The van der Waals surface area contributed by atoms with Crippen molar-refractivity contribution in [3.05, 3.63) is 0 Å². The van der Waals surface area contributed by atoms with E-state index in [0.717, 1.165) is 38.0 Å². The Morgan fingerprint density at radius 2 is 2.10 bits per heavy atom. The van der Waals surface area contributed by atoms with E-state index in [0.29, 0.717) is 12.1 Å². The van der Waals surface area contributed by atoms with Gasteiger partial charge in [0, 0.05) is 19.2 Å². The molecule has 1 saturated heterocycles. The molecule has 2 N–H and O–H groups in total. The van der Waals surface area contributed by atoms with E-state index in [9.17, 15) is 0 Å². The van der Waals surface area contributed by atoms with Gasteiger partial charge in [0.2, 0.25) is 0 Å². The summed E-state index contributed by atoms with van der Waals surface area (Å²) in [7, 11) is 0. The average Bonchev–Trinajstić information content (AvgIpc) is 2.89. The molecule has 0 aromatic heterocycles. The van der Waals surface area contributed by atoms with Crippen molar-refractivity contribution in [3.8, 4) is 0 Å². The number of ether oxygens (including phenoxy) is 1. The first kappa shape index (κ1) is 17.3. The van der Waals surface area contributed by atoms with Crippen molar-refractivity contribution in [1.29, 1.82) is 0 Å². The van der Waals surface area contributed by atoms with E-state index >= 15 is 0 Å². The Morgan fingerprint density at radius 3 is 2.70 bits per heavy atom. The summed E-state index contributed by atoms with van der Waals surface area (Å²) in [5.74, 6) is 1.73. The molecule has 0 aromatic carbocycles. The Balaban J connectivity index is 2.30. The van der Waals surface area contributed by atoms with Crippen LogP contribution in [0.1, 0.15) is 59.8 Å². The van der Waals surface area contributed by atoms with E-state index in [-0.39, 0.29) is 0 Å². The topological polar surface area (TPSA) is 45.7 Å². The summed E-state index contributed by atoms with van der Waals surface area (Å²) in [6, 6.07) is 0.469. The van der Waals surface area contributed by atoms with Gasteiger partial charge in [-0.2, -0.15) is 0 Å². The Labute approximate surface area is 124 Å². The maximum absolute atomic E-state index is 5.62. The predicted octanol–water partition coefficient (Wildman–Crippen LogP) is 2.94. The quantitative estimate of drug-likeness (QED) is 0.532. The van der Waals surface area contributed by atoms with Crippen LogP contribution < -0.4 is 10.6 Å².